The van der Waals surface area contributed by atoms with Gasteiger partial charge in [-0.15, -0.1) is 0 Å². The van der Waals surface area contributed by atoms with Gasteiger partial charge in [-0.3, -0.25) is 4.99 Å². The first-order valence-corrected chi connectivity index (χ1v) is 7.71. The minimum absolute atomic E-state index is 0.361. The fourth-order valence-electron chi connectivity index (χ4n) is 2.40. The smallest absolute Gasteiger partial charge is 0.405 e. The molecule has 0 spiro atoms. The number of ether oxygens (including phenoxy) is 1. The van der Waals surface area contributed by atoms with Gasteiger partial charge in [-0.05, 0) is 52.7 Å². The maximum atomic E-state index is 5.98. The molecule has 118 valence electrons. The second-order valence-corrected chi connectivity index (χ2v) is 6.80. The average molecular weight is 294 g/mol. The summed E-state index contributed by atoms with van der Waals surface area (Å²) in [5.74, 6) is 0.604. The van der Waals surface area contributed by atoms with Crippen LogP contribution in [-0.2, 0) is 14.0 Å². The Balaban J connectivity index is 1.92. The third-order valence-electron chi connectivity index (χ3n) is 4.66. The van der Waals surface area contributed by atoms with Crippen LogP contribution in [0.1, 0.15) is 40.5 Å². The Kier molecular flexibility index (Phi) is 5.12. The van der Waals surface area contributed by atoms with Gasteiger partial charge in [0.25, 0.3) is 0 Å². The van der Waals surface area contributed by atoms with Crippen LogP contribution in [0.4, 0.5) is 0 Å². The highest BCUT2D eigenvalue weighted by Gasteiger charge is 2.52. The van der Waals surface area contributed by atoms with Crippen molar-refractivity contribution in [1.29, 1.82) is 0 Å². The van der Waals surface area contributed by atoms with Gasteiger partial charge in [0, 0.05) is 31.4 Å². The van der Waals surface area contributed by atoms with Crippen LogP contribution in [0, 0.1) is 5.92 Å². The topological polar surface area (TPSA) is 66.1 Å². The molecule has 2 saturated heterocycles. The number of nitrogens with two attached hydrogens (primary N) is 1. The van der Waals surface area contributed by atoms with Crippen molar-refractivity contribution in [1.82, 2.24) is 0 Å². The quantitative estimate of drug-likeness (QED) is 0.636. The minimum atomic E-state index is -0.446. The summed E-state index contributed by atoms with van der Waals surface area (Å²) in [6.07, 6.45) is 5.47. The number of nitrogens with zero attached hydrogens (tertiary/aromatic N) is 1. The number of hydrogen-bond donors (Lipinski definition) is 1. The van der Waals surface area contributed by atoms with Crippen LogP contribution in [0.25, 0.3) is 0 Å². The zero-order valence-electron chi connectivity index (χ0n) is 13.6. The summed E-state index contributed by atoms with van der Waals surface area (Å²) in [7, 11) is -0.446. The number of allylic oxidation sites excluding steroid dienone is 1. The fourth-order valence-corrected chi connectivity index (χ4v) is 2.40. The SMILES string of the molecule is CC1(C)OB(C(C=NCC2CCOCC2)=CN)OC1(C)C. The van der Waals surface area contributed by atoms with Gasteiger partial charge < -0.3 is 19.8 Å². The van der Waals surface area contributed by atoms with Gasteiger partial charge >= 0.3 is 7.12 Å². The van der Waals surface area contributed by atoms with Gasteiger partial charge in [0.05, 0.1) is 11.2 Å². The van der Waals surface area contributed by atoms with Crippen LogP contribution in [0.15, 0.2) is 16.7 Å². The van der Waals surface area contributed by atoms with Gasteiger partial charge in [0.2, 0.25) is 0 Å². The summed E-state index contributed by atoms with van der Waals surface area (Å²) in [6.45, 7) is 10.6. The van der Waals surface area contributed by atoms with Gasteiger partial charge in [-0.25, -0.2) is 0 Å². The highest BCUT2D eigenvalue weighted by Crippen LogP contribution is 2.38. The van der Waals surface area contributed by atoms with Crippen LogP contribution in [0.3, 0.4) is 0 Å². The lowest BCUT2D eigenvalue weighted by molar-refractivity contribution is 0.00578. The zero-order chi connectivity index (χ0) is 15.5. The molecule has 0 bridgehead atoms. The summed E-state index contributed by atoms with van der Waals surface area (Å²) in [5, 5.41) is 0. The summed E-state index contributed by atoms with van der Waals surface area (Å²) < 4.78 is 17.3. The molecule has 0 aromatic carbocycles. The molecule has 2 heterocycles. The Bertz CT molecular complexity index is 399. The third-order valence-corrected chi connectivity index (χ3v) is 4.66. The fraction of sp³-hybridized carbons (Fsp3) is 0.800. The van der Waals surface area contributed by atoms with E-state index in [4.69, 9.17) is 19.8 Å². The molecule has 2 fully saturated rings. The van der Waals surface area contributed by atoms with Crippen LogP contribution in [-0.4, -0.2) is 44.3 Å². The standard InChI is InChI=1S/C15H27BN2O3/c1-14(2)15(3,4)21-16(20-14)13(9-17)11-18-10-12-5-7-19-8-6-12/h9,11-12H,5-8,10,17H2,1-4H3. The maximum absolute atomic E-state index is 5.98. The Morgan fingerprint density at radius 3 is 2.29 bits per heavy atom. The summed E-state index contributed by atoms with van der Waals surface area (Å²) in [5.41, 5.74) is 5.77. The minimum Gasteiger partial charge on any atom is -0.405 e. The molecule has 21 heavy (non-hydrogen) atoms. The van der Waals surface area contributed by atoms with Crippen molar-refractivity contribution in [3.63, 3.8) is 0 Å². The molecule has 2 aliphatic heterocycles. The molecule has 0 saturated carbocycles. The molecule has 5 nitrogen and oxygen atoms in total. The van der Waals surface area contributed by atoms with Crippen molar-refractivity contribution < 1.29 is 14.0 Å². The second-order valence-electron chi connectivity index (χ2n) is 6.80. The van der Waals surface area contributed by atoms with E-state index in [1.165, 1.54) is 6.20 Å². The van der Waals surface area contributed by atoms with Crippen LogP contribution in [0.5, 0.6) is 0 Å². The van der Waals surface area contributed by atoms with E-state index in [9.17, 15) is 0 Å². The third kappa shape index (κ3) is 3.87. The first-order chi connectivity index (χ1) is 9.86. The number of aliphatic imine (C=N–C) groups is 1. The first-order valence-electron chi connectivity index (χ1n) is 7.71. The molecule has 2 aliphatic rings. The van der Waals surface area contributed by atoms with E-state index in [-0.39, 0.29) is 11.2 Å². The second kappa shape index (κ2) is 6.50. The van der Waals surface area contributed by atoms with E-state index >= 15 is 0 Å². The van der Waals surface area contributed by atoms with E-state index in [0.717, 1.165) is 38.1 Å². The zero-order valence-corrected chi connectivity index (χ0v) is 13.6. The van der Waals surface area contributed by atoms with Crippen LogP contribution in [0.2, 0.25) is 0 Å². The molecular formula is C15H27BN2O3. The molecule has 0 atom stereocenters. The lowest BCUT2D eigenvalue weighted by atomic mass is 9.79. The Morgan fingerprint density at radius 2 is 1.76 bits per heavy atom. The molecule has 2 N–H and O–H groups in total. The van der Waals surface area contributed by atoms with E-state index in [1.54, 1.807) is 6.21 Å². The predicted molar refractivity (Wildman–Crippen MR) is 85.3 cm³/mol. The Labute approximate surface area is 128 Å². The van der Waals surface area contributed by atoms with Crippen molar-refractivity contribution >= 4 is 13.3 Å². The van der Waals surface area contributed by atoms with Crippen LogP contribution >= 0.6 is 0 Å². The van der Waals surface area contributed by atoms with Crippen molar-refractivity contribution in [3.8, 4) is 0 Å². The highest BCUT2D eigenvalue weighted by atomic mass is 16.7. The van der Waals surface area contributed by atoms with Gasteiger partial charge in [0.1, 0.15) is 0 Å². The monoisotopic (exact) mass is 294 g/mol. The highest BCUT2D eigenvalue weighted by molar-refractivity contribution is 6.60. The maximum Gasteiger partial charge on any atom is 0.497 e. The molecule has 0 amide bonds. The molecule has 0 radical (unpaired) electrons. The number of hydrogen-bond acceptors (Lipinski definition) is 5. The molecule has 0 aromatic heterocycles. The lowest BCUT2D eigenvalue weighted by Crippen LogP contribution is -2.41. The van der Waals surface area contributed by atoms with E-state index < -0.39 is 7.12 Å². The summed E-state index contributed by atoms with van der Waals surface area (Å²) >= 11 is 0. The van der Waals surface area contributed by atoms with E-state index in [0.29, 0.717) is 5.92 Å². The van der Waals surface area contributed by atoms with Crippen molar-refractivity contribution in [2.75, 3.05) is 19.8 Å². The largest absolute Gasteiger partial charge is 0.497 e. The molecule has 0 unspecified atom stereocenters. The molecule has 6 heteroatoms. The summed E-state index contributed by atoms with van der Waals surface area (Å²) in [6, 6.07) is 0. The lowest BCUT2D eigenvalue weighted by Gasteiger charge is -2.32. The normalized spacial score (nSPS) is 26.7. The van der Waals surface area contributed by atoms with Crippen LogP contribution < -0.4 is 5.73 Å². The van der Waals surface area contributed by atoms with Crippen molar-refractivity contribution in [2.45, 2.75) is 51.7 Å². The molecular weight excluding hydrogens is 267 g/mol. The van der Waals surface area contributed by atoms with E-state index in [2.05, 4.69) is 4.99 Å². The van der Waals surface area contributed by atoms with Gasteiger partial charge in [-0.1, -0.05) is 0 Å². The predicted octanol–water partition coefficient (Wildman–Crippen LogP) is 1.96. The van der Waals surface area contributed by atoms with Crippen molar-refractivity contribution in [2.24, 2.45) is 16.6 Å². The molecule has 0 aliphatic carbocycles. The summed E-state index contributed by atoms with van der Waals surface area (Å²) in [4.78, 5) is 4.52. The number of rotatable bonds is 4. The Morgan fingerprint density at radius 1 is 1.19 bits per heavy atom. The van der Waals surface area contributed by atoms with E-state index in [1.807, 2.05) is 27.7 Å². The van der Waals surface area contributed by atoms with Gasteiger partial charge in [-0.2, -0.15) is 0 Å². The average Bonchev–Trinajstić information content (AvgIpc) is 2.64. The molecule has 0 aromatic rings. The molecule has 2 rings (SSSR count). The first kappa shape index (κ1) is 16.5. The van der Waals surface area contributed by atoms with Crippen molar-refractivity contribution in [3.05, 3.63) is 11.7 Å². The Hall–Kier alpha value is -0.845. The van der Waals surface area contributed by atoms with Gasteiger partial charge in [0.15, 0.2) is 0 Å².